The highest BCUT2D eigenvalue weighted by Gasteiger charge is 2.31. The summed E-state index contributed by atoms with van der Waals surface area (Å²) in [6.45, 7) is 2.85. The summed E-state index contributed by atoms with van der Waals surface area (Å²) in [6, 6.07) is 0. The number of ether oxygens (including phenoxy) is 2. The molecule has 0 saturated carbocycles. The molecule has 2 fully saturated rings. The maximum absolute atomic E-state index is 11.8. The van der Waals surface area contributed by atoms with Crippen LogP contribution in [0.15, 0.2) is 0 Å². The van der Waals surface area contributed by atoms with Gasteiger partial charge in [0.05, 0.1) is 25.2 Å². The molecule has 80 valence electrons. The Morgan fingerprint density at radius 1 is 1.43 bits per heavy atom. The van der Waals surface area contributed by atoms with Crippen molar-refractivity contribution in [2.24, 2.45) is 0 Å². The van der Waals surface area contributed by atoms with E-state index in [0.29, 0.717) is 26.4 Å². The lowest BCUT2D eigenvalue weighted by atomic mass is 10.3. The van der Waals surface area contributed by atoms with Crippen LogP contribution in [0.5, 0.6) is 0 Å². The van der Waals surface area contributed by atoms with Crippen molar-refractivity contribution in [1.82, 2.24) is 4.90 Å². The first kappa shape index (κ1) is 10.2. The van der Waals surface area contributed by atoms with Gasteiger partial charge < -0.3 is 14.4 Å². The van der Waals surface area contributed by atoms with E-state index in [1.54, 1.807) is 4.90 Å². The van der Waals surface area contributed by atoms with Crippen LogP contribution in [0.2, 0.25) is 0 Å². The second-order valence-corrected chi connectivity index (χ2v) is 4.22. The van der Waals surface area contributed by atoms with Gasteiger partial charge in [0.15, 0.2) is 6.10 Å². The highest BCUT2D eigenvalue weighted by Crippen LogP contribution is 2.17. The fraction of sp³-hybridized carbons (Fsp3) is 0.889. The van der Waals surface area contributed by atoms with E-state index in [4.69, 9.17) is 21.1 Å². The van der Waals surface area contributed by atoms with Crippen molar-refractivity contribution >= 4 is 17.5 Å². The van der Waals surface area contributed by atoms with Gasteiger partial charge >= 0.3 is 0 Å². The molecule has 0 radical (unpaired) electrons. The van der Waals surface area contributed by atoms with Gasteiger partial charge in [-0.2, -0.15) is 0 Å². The molecular weight excluding hydrogens is 206 g/mol. The zero-order valence-electron chi connectivity index (χ0n) is 7.95. The van der Waals surface area contributed by atoms with Gasteiger partial charge in [-0.05, 0) is 6.42 Å². The standard InChI is InChI=1S/C9H14ClNO3/c10-7-1-2-11(5-7)9(12)8-6-13-3-4-14-8/h7-8H,1-6H2. The fourth-order valence-electron chi connectivity index (χ4n) is 1.75. The van der Waals surface area contributed by atoms with Crippen LogP contribution in [0.4, 0.5) is 0 Å². The summed E-state index contributed by atoms with van der Waals surface area (Å²) < 4.78 is 10.5. The number of amides is 1. The number of alkyl halides is 1. The molecule has 2 aliphatic rings. The minimum absolute atomic E-state index is 0.0212. The lowest BCUT2D eigenvalue weighted by Gasteiger charge is -2.26. The van der Waals surface area contributed by atoms with Crippen molar-refractivity contribution in [2.45, 2.75) is 17.9 Å². The first-order valence-electron chi connectivity index (χ1n) is 4.89. The largest absolute Gasteiger partial charge is 0.376 e. The molecule has 2 unspecified atom stereocenters. The maximum atomic E-state index is 11.8. The van der Waals surface area contributed by atoms with Crippen LogP contribution in [0.25, 0.3) is 0 Å². The molecule has 2 atom stereocenters. The summed E-state index contributed by atoms with van der Waals surface area (Å²) in [5.74, 6) is 0.0212. The number of hydrogen-bond donors (Lipinski definition) is 0. The Balaban J connectivity index is 1.87. The third-order valence-corrected chi connectivity index (χ3v) is 2.89. The SMILES string of the molecule is O=C(C1COCCO1)N1CCC(Cl)C1. The van der Waals surface area contributed by atoms with Crippen LogP contribution in [0.1, 0.15) is 6.42 Å². The maximum Gasteiger partial charge on any atom is 0.254 e. The number of likely N-dealkylation sites (tertiary alicyclic amines) is 1. The molecule has 14 heavy (non-hydrogen) atoms. The van der Waals surface area contributed by atoms with Crippen LogP contribution in [-0.4, -0.2) is 55.2 Å². The zero-order chi connectivity index (χ0) is 9.97. The van der Waals surface area contributed by atoms with Gasteiger partial charge in [-0.1, -0.05) is 0 Å². The Morgan fingerprint density at radius 3 is 2.86 bits per heavy atom. The normalized spacial score (nSPS) is 33.4. The topological polar surface area (TPSA) is 38.8 Å². The van der Waals surface area contributed by atoms with E-state index in [-0.39, 0.29) is 11.3 Å². The first-order chi connectivity index (χ1) is 6.77. The molecular formula is C9H14ClNO3. The fourth-order valence-corrected chi connectivity index (χ4v) is 2.02. The van der Waals surface area contributed by atoms with Crippen LogP contribution in [-0.2, 0) is 14.3 Å². The van der Waals surface area contributed by atoms with E-state index in [0.717, 1.165) is 13.0 Å². The Labute approximate surface area is 88.1 Å². The predicted molar refractivity (Wildman–Crippen MR) is 51.4 cm³/mol. The highest BCUT2D eigenvalue weighted by molar-refractivity contribution is 6.21. The first-order valence-corrected chi connectivity index (χ1v) is 5.33. The van der Waals surface area contributed by atoms with Crippen molar-refractivity contribution in [1.29, 1.82) is 0 Å². The average Bonchev–Trinajstić information content (AvgIpc) is 2.65. The molecule has 1 amide bonds. The summed E-state index contributed by atoms with van der Waals surface area (Å²) in [5, 5.41) is 0.100. The summed E-state index contributed by atoms with van der Waals surface area (Å²) in [6.07, 6.45) is 0.464. The summed E-state index contributed by atoms with van der Waals surface area (Å²) in [4.78, 5) is 13.6. The van der Waals surface area contributed by atoms with E-state index >= 15 is 0 Å². The summed E-state index contributed by atoms with van der Waals surface area (Å²) in [5.41, 5.74) is 0. The number of hydrogen-bond acceptors (Lipinski definition) is 3. The molecule has 0 bridgehead atoms. The molecule has 0 aromatic rings. The molecule has 0 aliphatic carbocycles. The second kappa shape index (κ2) is 4.47. The van der Waals surface area contributed by atoms with Crippen molar-refractivity contribution < 1.29 is 14.3 Å². The molecule has 2 saturated heterocycles. The van der Waals surface area contributed by atoms with Gasteiger partial charge in [0.1, 0.15) is 0 Å². The third-order valence-electron chi connectivity index (χ3n) is 2.53. The van der Waals surface area contributed by atoms with Crippen molar-refractivity contribution in [2.75, 3.05) is 32.9 Å². The molecule has 0 spiro atoms. The van der Waals surface area contributed by atoms with Crippen molar-refractivity contribution in [3.05, 3.63) is 0 Å². The van der Waals surface area contributed by atoms with E-state index in [1.165, 1.54) is 0 Å². The Kier molecular flexibility index (Phi) is 3.26. The highest BCUT2D eigenvalue weighted by atomic mass is 35.5. The third kappa shape index (κ3) is 2.19. The predicted octanol–water partition coefficient (Wildman–Crippen LogP) is 0.241. The summed E-state index contributed by atoms with van der Waals surface area (Å²) >= 11 is 5.92. The van der Waals surface area contributed by atoms with Crippen LogP contribution >= 0.6 is 11.6 Å². The molecule has 5 heteroatoms. The molecule has 4 nitrogen and oxygen atoms in total. The van der Waals surface area contributed by atoms with Gasteiger partial charge in [0, 0.05) is 13.1 Å². The number of carbonyl (C=O) groups is 1. The molecule has 0 N–H and O–H groups in total. The van der Waals surface area contributed by atoms with Crippen LogP contribution in [0, 0.1) is 0 Å². The lowest BCUT2D eigenvalue weighted by Crippen LogP contribution is -2.44. The number of carbonyl (C=O) groups excluding carboxylic acids is 1. The average molecular weight is 220 g/mol. The summed E-state index contributed by atoms with van der Waals surface area (Å²) in [7, 11) is 0. The van der Waals surface area contributed by atoms with E-state index in [9.17, 15) is 4.79 Å². The molecule has 0 aromatic carbocycles. The van der Waals surface area contributed by atoms with Gasteiger partial charge in [0.2, 0.25) is 0 Å². The van der Waals surface area contributed by atoms with Crippen molar-refractivity contribution in [3.8, 4) is 0 Å². The zero-order valence-corrected chi connectivity index (χ0v) is 8.70. The van der Waals surface area contributed by atoms with Gasteiger partial charge in [-0.25, -0.2) is 0 Å². The van der Waals surface area contributed by atoms with Crippen LogP contribution < -0.4 is 0 Å². The minimum Gasteiger partial charge on any atom is -0.376 e. The van der Waals surface area contributed by atoms with Gasteiger partial charge in [-0.15, -0.1) is 11.6 Å². The van der Waals surface area contributed by atoms with E-state index in [1.807, 2.05) is 0 Å². The molecule has 2 rings (SSSR count). The molecule has 0 aromatic heterocycles. The number of rotatable bonds is 1. The minimum atomic E-state index is -0.411. The Hall–Kier alpha value is -0.320. The van der Waals surface area contributed by atoms with E-state index in [2.05, 4.69) is 0 Å². The van der Waals surface area contributed by atoms with Gasteiger partial charge in [0.25, 0.3) is 5.91 Å². The van der Waals surface area contributed by atoms with Gasteiger partial charge in [-0.3, -0.25) is 4.79 Å². The lowest BCUT2D eigenvalue weighted by molar-refractivity contribution is -0.156. The van der Waals surface area contributed by atoms with Crippen LogP contribution in [0.3, 0.4) is 0 Å². The van der Waals surface area contributed by atoms with E-state index < -0.39 is 6.10 Å². The Bertz CT molecular complexity index is 211. The monoisotopic (exact) mass is 219 g/mol. The quantitative estimate of drug-likeness (QED) is 0.594. The van der Waals surface area contributed by atoms with Crippen molar-refractivity contribution in [3.63, 3.8) is 0 Å². The second-order valence-electron chi connectivity index (χ2n) is 3.60. The smallest absolute Gasteiger partial charge is 0.254 e. The Morgan fingerprint density at radius 2 is 2.29 bits per heavy atom. The number of halogens is 1. The molecule has 2 aliphatic heterocycles. The number of nitrogens with zero attached hydrogens (tertiary/aromatic N) is 1. The molecule has 2 heterocycles.